The molecule has 7 heteroatoms. The van der Waals surface area contributed by atoms with Crippen molar-refractivity contribution >= 4 is 52.9 Å². The summed E-state index contributed by atoms with van der Waals surface area (Å²) in [6.45, 7) is 0. The van der Waals surface area contributed by atoms with E-state index < -0.39 is 11.9 Å². The van der Waals surface area contributed by atoms with Crippen molar-refractivity contribution < 1.29 is 23.8 Å². The fourth-order valence-electron chi connectivity index (χ4n) is 3.61. The van der Waals surface area contributed by atoms with Crippen molar-refractivity contribution in [3.8, 4) is 11.5 Å². The lowest BCUT2D eigenvalue weighted by molar-refractivity contribution is -0.133. The number of esters is 2. The highest BCUT2D eigenvalue weighted by molar-refractivity contribution is 6.31. The van der Waals surface area contributed by atoms with Gasteiger partial charge in [0.05, 0.1) is 19.8 Å². The summed E-state index contributed by atoms with van der Waals surface area (Å²) >= 11 is 11.9. The molecule has 172 valence electrons. The minimum atomic E-state index is -0.557. The van der Waals surface area contributed by atoms with Gasteiger partial charge in [-0.25, -0.2) is 9.59 Å². The number of benzene rings is 3. The predicted molar refractivity (Wildman–Crippen MR) is 133 cm³/mol. The Kier molecular flexibility index (Phi) is 7.06. The van der Waals surface area contributed by atoms with E-state index in [1.54, 1.807) is 60.7 Å². The van der Waals surface area contributed by atoms with Gasteiger partial charge in [0.15, 0.2) is 0 Å². The molecular weight excluding hydrogens is 475 g/mol. The fourth-order valence-corrected chi connectivity index (χ4v) is 3.86. The van der Waals surface area contributed by atoms with Crippen molar-refractivity contribution in [3.63, 3.8) is 0 Å². The van der Waals surface area contributed by atoms with Gasteiger partial charge in [0, 0.05) is 33.2 Å². The Labute approximate surface area is 207 Å². The van der Waals surface area contributed by atoms with Crippen LogP contribution in [-0.2, 0) is 20.7 Å². The molecule has 0 saturated carbocycles. The van der Waals surface area contributed by atoms with Gasteiger partial charge in [-0.3, -0.25) is 0 Å². The van der Waals surface area contributed by atoms with E-state index in [-0.39, 0.29) is 5.57 Å². The maximum Gasteiger partial charge on any atom is 0.339 e. The van der Waals surface area contributed by atoms with Gasteiger partial charge in [0.1, 0.15) is 11.5 Å². The number of carbonyl (C=O) groups is 2. The standard InChI is InChI=1S/C27H20Cl2O5/c1-32-25-14-18-13-19(11-16-3-7-20(28)8-4-16)26(30)34-24(18)15-22(25)23(27(31)33-2)12-17-5-9-21(29)10-6-17/h3-12,14-15H,13H2,1-2H3/b19-11+,23-12+. The molecule has 0 saturated heterocycles. The van der Waals surface area contributed by atoms with Crippen LogP contribution >= 0.6 is 23.2 Å². The topological polar surface area (TPSA) is 61.8 Å². The molecule has 3 aromatic rings. The van der Waals surface area contributed by atoms with Crippen LogP contribution in [0, 0.1) is 0 Å². The Morgan fingerprint density at radius 2 is 1.56 bits per heavy atom. The van der Waals surface area contributed by atoms with E-state index in [1.165, 1.54) is 14.2 Å². The number of fused-ring (bicyclic) bond motifs is 1. The molecule has 0 atom stereocenters. The number of hydrogen-bond donors (Lipinski definition) is 0. The van der Waals surface area contributed by atoms with E-state index >= 15 is 0 Å². The first-order valence-electron chi connectivity index (χ1n) is 10.3. The van der Waals surface area contributed by atoms with E-state index in [0.29, 0.717) is 39.1 Å². The van der Waals surface area contributed by atoms with E-state index in [9.17, 15) is 9.59 Å². The third-order valence-electron chi connectivity index (χ3n) is 5.32. The Hall–Kier alpha value is -3.54. The molecule has 0 fully saturated rings. The molecule has 1 aliphatic heterocycles. The van der Waals surface area contributed by atoms with Gasteiger partial charge in [-0.2, -0.15) is 0 Å². The summed E-state index contributed by atoms with van der Waals surface area (Å²) in [5.41, 5.74) is 3.53. The summed E-state index contributed by atoms with van der Waals surface area (Å²) in [5, 5.41) is 1.20. The summed E-state index contributed by atoms with van der Waals surface area (Å²) in [5.74, 6) is -0.202. The Morgan fingerprint density at radius 1 is 0.941 bits per heavy atom. The van der Waals surface area contributed by atoms with Gasteiger partial charge in [-0.1, -0.05) is 47.5 Å². The van der Waals surface area contributed by atoms with Gasteiger partial charge in [0.2, 0.25) is 0 Å². The first kappa shape index (κ1) is 23.6. The molecule has 0 amide bonds. The van der Waals surface area contributed by atoms with E-state index in [0.717, 1.165) is 16.7 Å². The molecule has 4 rings (SSSR count). The average molecular weight is 495 g/mol. The van der Waals surface area contributed by atoms with Crippen molar-refractivity contribution in [1.82, 2.24) is 0 Å². The normalized spacial score (nSPS) is 14.4. The lowest BCUT2D eigenvalue weighted by Crippen LogP contribution is -2.20. The number of rotatable bonds is 5. The van der Waals surface area contributed by atoms with Crippen molar-refractivity contribution in [2.45, 2.75) is 6.42 Å². The van der Waals surface area contributed by atoms with Crippen molar-refractivity contribution in [3.05, 3.63) is 98.5 Å². The fraction of sp³-hybridized carbons (Fsp3) is 0.111. The highest BCUT2D eigenvalue weighted by atomic mass is 35.5. The summed E-state index contributed by atoms with van der Waals surface area (Å²) in [6, 6.07) is 17.6. The third-order valence-corrected chi connectivity index (χ3v) is 5.82. The van der Waals surface area contributed by atoms with Crippen LogP contribution in [0.25, 0.3) is 17.7 Å². The Balaban J connectivity index is 1.75. The number of ether oxygens (including phenoxy) is 3. The molecule has 1 heterocycles. The first-order valence-corrected chi connectivity index (χ1v) is 11.1. The molecule has 0 bridgehead atoms. The van der Waals surface area contributed by atoms with Gasteiger partial charge >= 0.3 is 11.9 Å². The number of halogens is 2. The third kappa shape index (κ3) is 5.16. The van der Waals surface area contributed by atoms with Gasteiger partial charge in [-0.05, 0) is 59.7 Å². The maximum absolute atomic E-state index is 12.7. The SMILES string of the molecule is COC(=O)/C(=C/c1ccc(Cl)cc1)c1cc2c(cc1OC)C/C(=C\c1ccc(Cl)cc1)C(=O)O2. The molecule has 1 aliphatic rings. The number of hydrogen-bond acceptors (Lipinski definition) is 5. The van der Waals surface area contributed by atoms with Crippen LogP contribution in [-0.4, -0.2) is 26.2 Å². The van der Waals surface area contributed by atoms with Gasteiger partial charge in [0.25, 0.3) is 0 Å². The second-order valence-electron chi connectivity index (χ2n) is 7.55. The van der Waals surface area contributed by atoms with Crippen LogP contribution in [0.5, 0.6) is 11.5 Å². The summed E-state index contributed by atoms with van der Waals surface area (Å²) in [4.78, 5) is 25.4. The Morgan fingerprint density at radius 3 is 2.15 bits per heavy atom. The quantitative estimate of drug-likeness (QED) is 0.181. The highest BCUT2D eigenvalue weighted by Gasteiger charge is 2.27. The van der Waals surface area contributed by atoms with Crippen LogP contribution in [0.2, 0.25) is 10.0 Å². The van der Waals surface area contributed by atoms with Crippen LogP contribution in [0.1, 0.15) is 22.3 Å². The van der Waals surface area contributed by atoms with E-state index in [1.807, 2.05) is 12.1 Å². The lowest BCUT2D eigenvalue weighted by atomic mass is 9.94. The molecule has 3 aromatic carbocycles. The molecule has 0 aromatic heterocycles. The molecule has 0 radical (unpaired) electrons. The number of methoxy groups -OCH3 is 2. The van der Waals surface area contributed by atoms with E-state index in [2.05, 4.69) is 0 Å². The number of carbonyl (C=O) groups excluding carboxylic acids is 2. The van der Waals surface area contributed by atoms with Gasteiger partial charge in [-0.15, -0.1) is 0 Å². The van der Waals surface area contributed by atoms with Crippen molar-refractivity contribution in [2.24, 2.45) is 0 Å². The van der Waals surface area contributed by atoms with Gasteiger partial charge < -0.3 is 14.2 Å². The second kappa shape index (κ2) is 10.2. The second-order valence-corrected chi connectivity index (χ2v) is 8.42. The zero-order valence-corrected chi connectivity index (χ0v) is 19.9. The highest BCUT2D eigenvalue weighted by Crippen LogP contribution is 2.38. The zero-order chi connectivity index (χ0) is 24.2. The molecule has 5 nitrogen and oxygen atoms in total. The van der Waals surface area contributed by atoms with E-state index in [4.69, 9.17) is 37.4 Å². The van der Waals surface area contributed by atoms with Crippen LogP contribution < -0.4 is 9.47 Å². The monoisotopic (exact) mass is 494 g/mol. The summed E-state index contributed by atoms with van der Waals surface area (Å²) in [6.07, 6.45) is 3.78. The summed E-state index contributed by atoms with van der Waals surface area (Å²) < 4.78 is 16.2. The maximum atomic E-state index is 12.7. The molecule has 0 aliphatic carbocycles. The van der Waals surface area contributed by atoms with Crippen molar-refractivity contribution in [1.29, 1.82) is 0 Å². The predicted octanol–water partition coefficient (Wildman–Crippen LogP) is 6.26. The largest absolute Gasteiger partial charge is 0.496 e. The molecule has 0 spiro atoms. The van der Waals surface area contributed by atoms with Crippen molar-refractivity contribution in [2.75, 3.05) is 14.2 Å². The summed E-state index contributed by atoms with van der Waals surface area (Å²) in [7, 11) is 2.82. The average Bonchev–Trinajstić information content (AvgIpc) is 2.84. The lowest BCUT2D eigenvalue weighted by Gasteiger charge is -2.21. The minimum Gasteiger partial charge on any atom is -0.496 e. The first-order chi connectivity index (χ1) is 16.4. The van der Waals surface area contributed by atoms with Crippen LogP contribution in [0.4, 0.5) is 0 Å². The van der Waals surface area contributed by atoms with Crippen LogP contribution in [0.3, 0.4) is 0 Å². The Bertz CT molecular complexity index is 1310. The minimum absolute atomic E-state index is 0.253. The van der Waals surface area contributed by atoms with Crippen LogP contribution in [0.15, 0.2) is 66.2 Å². The molecule has 34 heavy (non-hydrogen) atoms. The smallest absolute Gasteiger partial charge is 0.339 e. The molecular formula is C27H20Cl2O5. The molecule has 0 N–H and O–H groups in total. The molecule has 0 unspecified atom stereocenters. The zero-order valence-electron chi connectivity index (χ0n) is 18.4.